The average Bonchev–Trinajstić information content (AvgIpc) is 3.10. The first-order chi connectivity index (χ1) is 12.7. The largest absolute Gasteiger partial charge is 0.349 e. The Hall–Kier alpha value is -2.11. The maximum absolute atomic E-state index is 12.5. The third-order valence-corrected chi connectivity index (χ3v) is 6.51. The molecule has 3 aromatic rings. The SMILES string of the molecule is Cc1cccc(-c2nc(CC(=O)NC3CCSc4ccccc43)cs2)c1. The highest BCUT2D eigenvalue weighted by atomic mass is 32.2. The van der Waals surface area contributed by atoms with Crippen LogP contribution in [-0.4, -0.2) is 16.6 Å². The molecule has 1 unspecified atom stereocenters. The van der Waals surface area contributed by atoms with Gasteiger partial charge >= 0.3 is 0 Å². The second kappa shape index (κ2) is 7.64. The number of thioether (sulfide) groups is 1. The fraction of sp³-hybridized carbons (Fsp3) is 0.238. The topological polar surface area (TPSA) is 42.0 Å². The lowest BCUT2D eigenvalue weighted by atomic mass is 10.0. The Balaban J connectivity index is 1.43. The van der Waals surface area contributed by atoms with E-state index in [-0.39, 0.29) is 11.9 Å². The average molecular weight is 381 g/mol. The number of carbonyl (C=O) groups is 1. The van der Waals surface area contributed by atoms with Crippen LogP contribution >= 0.6 is 23.1 Å². The Morgan fingerprint density at radius 2 is 2.12 bits per heavy atom. The summed E-state index contributed by atoms with van der Waals surface area (Å²) in [5, 5.41) is 6.15. The van der Waals surface area contributed by atoms with Crippen LogP contribution in [0.3, 0.4) is 0 Å². The van der Waals surface area contributed by atoms with Gasteiger partial charge in [0, 0.05) is 21.6 Å². The maximum atomic E-state index is 12.5. The summed E-state index contributed by atoms with van der Waals surface area (Å²) < 4.78 is 0. The molecule has 0 spiro atoms. The number of fused-ring (bicyclic) bond motifs is 1. The van der Waals surface area contributed by atoms with E-state index in [0.717, 1.165) is 28.4 Å². The minimum atomic E-state index is 0.0396. The van der Waals surface area contributed by atoms with E-state index in [9.17, 15) is 4.79 Å². The zero-order valence-electron chi connectivity index (χ0n) is 14.6. The quantitative estimate of drug-likeness (QED) is 0.691. The van der Waals surface area contributed by atoms with Gasteiger partial charge in [-0.2, -0.15) is 0 Å². The highest BCUT2D eigenvalue weighted by Gasteiger charge is 2.22. The summed E-state index contributed by atoms with van der Waals surface area (Å²) in [6.45, 7) is 2.08. The minimum Gasteiger partial charge on any atom is -0.349 e. The lowest BCUT2D eigenvalue weighted by Crippen LogP contribution is -2.31. The van der Waals surface area contributed by atoms with Crippen LogP contribution in [0, 0.1) is 6.92 Å². The van der Waals surface area contributed by atoms with Crippen LogP contribution in [0.25, 0.3) is 10.6 Å². The van der Waals surface area contributed by atoms with E-state index < -0.39 is 0 Å². The van der Waals surface area contributed by atoms with Crippen LogP contribution < -0.4 is 5.32 Å². The number of aryl methyl sites for hydroxylation is 1. The summed E-state index contributed by atoms with van der Waals surface area (Å²) in [5.74, 6) is 1.08. The van der Waals surface area contributed by atoms with Crippen molar-refractivity contribution in [3.8, 4) is 10.6 Å². The number of nitrogens with zero attached hydrogens (tertiary/aromatic N) is 1. The zero-order chi connectivity index (χ0) is 17.9. The molecule has 0 fully saturated rings. The summed E-state index contributed by atoms with van der Waals surface area (Å²) >= 11 is 3.46. The highest BCUT2D eigenvalue weighted by molar-refractivity contribution is 7.99. The van der Waals surface area contributed by atoms with Crippen molar-refractivity contribution in [1.29, 1.82) is 0 Å². The van der Waals surface area contributed by atoms with Crippen molar-refractivity contribution in [2.45, 2.75) is 30.7 Å². The minimum absolute atomic E-state index is 0.0396. The molecule has 26 heavy (non-hydrogen) atoms. The number of carbonyl (C=O) groups excluding carboxylic acids is 1. The molecule has 0 aliphatic carbocycles. The number of hydrogen-bond acceptors (Lipinski definition) is 4. The van der Waals surface area contributed by atoms with Crippen molar-refractivity contribution in [1.82, 2.24) is 10.3 Å². The predicted octanol–water partition coefficient (Wildman–Crippen LogP) is 5.01. The molecule has 0 radical (unpaired) electrons. The van der Waals surface area contributed by atoms with Crippen molar-refractivity contribution >= 4 is 29.0 Å². The van der Waals surface area contributed by atoms with Gasteiger partial charge in [-0.05, 0) is 31.0 Å². The van der Waals surface area contributed by atoms with Gasteiger partial charge in [0.25, 0.3) is 0 Å². The number of amides is 1. The molecular weight excluding hydrogens is 360 g/mol. The monoisotopic (exact) mass is 380 g/mol. The molecule has 0 saturated heterocycles. The first-order valence-corrected chi connectivity index (χ1v) is 10.6. The van der Waals surface area contributed by atoms with Crippen LogP contribution in [0.15, 0.2) is 58.8 Å². The van der Waals surface area contributed by atoms with Crippen molar-refractivity contribution in [3.05, 3.63) is 70.7 Å². The molecule has 1 aromatic heterocycles. The van der Waals surface area contributed by atoms with E-state index in [0.29, 0.717) is 6.42 Å². The molecule has 132 valence electrons. The molecule has 1 amide bonds. The fourth-order valence-corrected chi connectivity index (χ4v) is 5.14. The number of rotatable bonds is 4. The Morgan fingerprint density at radius 1 is 1.23 bits per heavy atom. The second-order valence-corrected chi connectivity index (χ2v) is 8.48. The number of nitrogens with one attached hydrogen (secondary N) is 1. The van der Waals surface area contributed by atoms with Crippen molar-refractivity contribution in [2.24, 2.45) is 0 Å². The van der Waals surface area contributed by atoms with E-state index in [1.807, 2.05) is 29.3 Å². The van der Waals surface area contributed by atoms with Crippen molar-refractivity contribution in [3.63, 3.8) is 0 Å². The molecule has 3 nitrogen and oxygen atoms in total. The highest BCUT2D eigenvalue weighted by Crippen LogP contribution is 2.35. The maximum Gasteiger partial charge on any atom is 0.226 e. The van der Waals surface area contributed by atoms with Gasteiger partial charge in [-0.25, -0.2) is 4.98 Å². The zero-order valence-corrected chi connectivity index (χ0v) is 16.2. The third-order valence-electron chi connectivity index (χ3n) is 4.45. The Labute approximate surface area is 161 Å². The number of aromatic nitrogens is 1. The summed E-state index contributed by atoms with van der Waals surface area (Å²) in [7, 11) is 0. The molecule has 0 bridgehead atoms. The van der Waals surface area contributed by atoms with Gasteiger partial charge in [-0.3, -0.25) is 4.79 Å². The van der Waals surface area contributed by atoms with Crippen molar-refractivity contribution in [2.75, 3.05) is 5.75 Å². The van der Waals surface area contributed by atoms with Gasteiger partial charge in [0.15, 0.2) is 0 Å². The van der Waals surface area contributed by atoms with E-state index in [2.05, 4.69) is 53.6 Å². The first-order valence-electron chi connectivity index (χ1n) is 8.71. The van der Waals surface area contributed by atoms with Crippen LogP contribution in [0.2, 0.25) is 0 Å². The van der Waals surface area contributed by atoms with E-state index in [1.165, 1.54) is 16.0 Å². The number of thiazole rings is 1. The lowest BCUT2D eigenvalue weighted by Gasteiger charge is -2.25. The van der Waals surface area contributed by atoms with Gasteiger partial charge in [0.2, 0.25) is 5.91 Å². The number of hydrogen-bond donors (Lipinski definition) is 1. The molecule has 2 heterocycles. The molecular formula is C21H20N2OS2. The fourth-order valence-electron chi connectivity index (χ4n) is 3.20. The Bertz CT molecular complexity index is 935. The van der Waals surface area contributed by atoms with Gasteiger partial charge in [-0.15, -0.1) is 23.1 Å². The molecule has 0 saturated carbocycles. The van der Waals surface area contributed by atoms with Crippen molar-refractivity contribution < 1.29 is 4.79 Å². The lowest BCUT2D eigenvalue weighted by molar-refractivity contribution is -0.121. The first kappa shape index (κ1) is 17.3. The van der Waals surface area contributed by atoms with Crippen LogP contribution in [0.4, 0.5) is 0 Å². The standard InChI is InChI=1S/C21H20N2OS2/c1-14-5-4-6-15(11-14)21-22-16(13-26-21)12-20(24)23-18-9-10-25-19-8-3-2-7-17(18)19/h2-8,11,13,18H,9-10,12H2,1H3,(H,23,24). The summed E-state index contributed by atoms with van der Waals surface area (Å²) in [6, 6.07) is 16.7. The normalized spacial score (nSPS) is 16.1. The van der Waals surface area contributed by atoms with Crippen LogP contribution in [0.5, 0.6) is 0 Å². The Kier molecular flexibility index (Phi) is 5.09. The Morgan fingerprint density at radius 3 is 3.00 bits per heavy atom. The molecule has 5 heteroatoms. The van der Waals surface area contributed by atoms with E-state index in [4.69, 9.17) is 0 Å². The van der Waals surface area contributed by atoms with E-state index >= 15 is 0 Å². The molecule has 1 atom stereocenters. The molecule has 1 aliphatic heterocycles. The summed E-state index contributed by atoms with van der Waals surface area (Å²) in [6.07, 6.45) is 1.30. The second-order valence-electron chi connectivity index (χ2n) is 6.49. The van der Waals surface area contributed by atoms with Crippen LogP contribution in [0.1, 0.15) is 29.3 Å². The predicted molar refractivity (Wildman–Crippen MR) is 109 cm³/mol. The van der Waals surface area contributed by atoms with Gasteiger partial charge in [-0.1, -0.05) is 42.0 Å². The smallest absolute Gasteiger partial charge is 0.226 e. The third kappa shape index (κ3) is 3.84. The number of benzene rings is 2. The molecule has 2 aromatic carbocycles. The molecule has 1 aliphatic rings. The molecule has 1 N–H and O–H groups in total. The van der Waals surface area contributed by atoms with E-state index in [1.54, 1.807) is 11.3 Å². The summed E-state index contributed by atoms with van der Waals surface area (Å²) in [4.78, 5) is 18.5. The molecule has 4 rings (SSSR count). The van der Waals surface area contributed by atoms with Gasteiger partial charge < -0.3 is 5.32 Å². The van der Waals surface area contributed by atoms with Gasteiger partial charge in [0.1, 0.15) is 5.01 Å². The van der Waals surface area contributed by atoms with Gasteiger partial charge in [0.05, 0.1) is 18.2 Å². The van der Waals surface area contributed by atoms with Crippen LogP contribution in [-0.2, 0) is 11.2 Å². The summed E-state index contributed by atoms with van der Waals surface area (Å²) in [5.41, 5.74) is 4.39.